The molecule has 126 valence electrons. The Kier molecular flexibility index (Phi) is 5.14. The molecule has 0 aromatic rings. The fourth-order valence-electron chi connectivity index (χ4n) is 3.78. The van der Waals surface area contributed by atoms with Crippen LogP contribution < -0.4 is 5.32 Å². The highest BCUT2D eigenvalue weighted by atomic mass is 32.2. The molecule has 2 unspecified atom stereocenters. The molecule has 0 bridgehead atoms. The summed E-state index contributed by atoms with van der Waals surface area (Å²) in [6.07, 6.45) is 5.79. The van der Waals surface area contributed by atoms with Gasteiger partial charge in [-0.25, -0.2) is 8.42 Å². The zero-order valence-corrected chi connectivity index (χ0v) is 13.8. The monoisotopic (exact) mass is 331 g/mol. The smallest absolute Gasteiger partial charge is 0.308 e. The van der Waals surface area contributed by atoms with E-state index in [2.05, 4.69) is 5.32 Å². The summed E-state index contributed by atoms with van der Waals surface area (Å²) in [5.74, 6) is -2.68. The van der Waals surface area contributed by atoms with E-state index in [4.69, 9.17) is 0 Å². The largest absolute Gasteiger partial charge is 0.481 e. The Morgan fingerprint density at radius 3 is 2.32 bits per heavy atom. The Hall–Kier alpha value is -1.11. The van der Waals surface area contributed by atoms with Gasteiger partial charge in [-0.1, -0.05) is 25.7 Å². The van der Waals surface area contributed by atoms with E-state index in [-0.39, 0.29) is 0 Å². The summed E-state index contributed by atoms with van der Waals surface area (Å²) in [6.45, 7) is 1.71. The summed E-state index contributed by atoms with van der Waals surface area (Å²) in [7, 11) is -3.43. The zero-order chi connectivity index (χ0) is 16.4. The lowest BCUT2D eigenvalue weighted by Crippen LogP contribution is -2.56. The van der Waals surface area contributed by atoms with Gasteiger partial charge in [0.05, 0.1) is 16.7 Å². The van der Waals surface area contributed by atoms with Crippen LogP contribution in [0, 0.1) is 5.92 Å². The Morgan fingerprint density at radius 1 is 1.14 bits per heavy atom. The molecule has 2 aliphatic carbocycles. The molecule has 2 rings (SSSR count). The van der Waals surface area contributed by atoms with Gasteiger partial charge in [0.2, 0.25) is 5.91 Å². The number of amides is 1. The molecule has 0 radical (unpaired) electrons. The SMILES string of the molecule is CC1(NC(=O)CS(=O)(=O)C2CCCC2)CCCCC1C(=O)O. The number of hydrogen-bond donors (Lipinski definition) is 2. The number of carbonyl (C=O) groups excluding carboxylic acids is 1. The highest BCUT2D eigenvalue weighted by molar-refractivity contribution is 7.92. The third kappa shape index (κ3) is 3.80. The van der Waals surface area contributed by atoms with E-state index in [1.807, 2.05) is 0 Å². The van der Waals surface area contributed by atoms with Gasteiger partial charge >= 0.3 is 5.97 Å². The lowest BCUT2D eigenvalue weighted by atomic mass is 9.74. The molecular formula is C15H25NO5S. The molecule has 2 saturated carbocycles. The fourth-order valence-corrected chi connectivity index (χ4v) is 5.51. The lowest BCUT2D eigenvalue weighted by Gasteiger charge is -2.39. The van der Waals surface area contributed by atoms with Gasteiger partial charge in [0.25, 0.3) is 0 Å². The number of aliphatic carboxylic acids is 1. The fraction of sp³-hybridized carbons (Fsp3) is 0.867. The van der Waals surface area contributed by atoms with E-state index < -0.39 is 44.2 Å². The average molecular weight is 331 g/mol. The normalized spacial score (nSPS) is 30.1. The van der Waals surface area contributed by atoms with Crippen LogP contribution >= 0.6 is 0 Å². The van der Waals surface area contributed by atoms with Crippen molar-refractivity contribution in [3.8, 4) is 0 Å². The second-order valence-electron chi connectivity index (χ2n) is 6.82. The van der Waals surface area contributed by atoms with Crippen LogP contribution in [0.25, 0.3) is 0 Å². The van der Waals surface area contributed by atoms with Crippen molar-refractivity contribution < 1.29 is 23.1 Å². The lowest BCUT2D eigenvalue weighted by molar-refractivity contribution is -0.146. The standard InChI is InChI=1S/C15H25NO5S/c1-15(9-5-4-8-12(15)14(18)19)16-13(17)10-22(20,21)11-6-2-3-7-11/h11-12H,2-10H2,1H3,(H,16,17)(H,18,19). The Morgan fingerprint density at radius 2 is 1.73 bits per heavy atom. The van der Waals surface area contributed by atoms with Crippen LogP contribution in [-0.4, -0.2) is 41.9 Å². The van der Waals surface area contributed by atoms with Crippen molar-refractivity contribution in [2.45, 2.75) is 69.1 Å². The van der Waals surface area contributed by atoms with Crippen molar-refractivity contribution in [3.05, 3.63) is 0 Å². The van der Waals surface area contributed by atoms with Crippen LogP contribution in [0.1, 0.15) is 58.3 Å². The molecule has 2 N–H and O–H groups in total. The minimum atomic E-state index is -3.43. The second kappa shape index (κ2) is 6.56. The van der Waals surface area contributed by atoms with E-state index in [9.17, 15) is 23.1 Å². The number of carboxylic acids is 1. The van der Waals surface area contributed by atoms with E-state index in [0.717, 1.165) is 25.7 Å². The predicted molar refractivity (Wildman–Crippen MR) is 82.2 cm³/mol. The summed E-state index contributed by atoms with van der Waals surface area (Å²) in [6, 6.07) is 0. The number of rotatable bonds is 5. The Balaban J connectivity index is 2.02. The first kappa shape index (κ1) is 17.2. The van der Waals surface area contributed by atoms with Crippen molar-refractivity contribution in [2.75, 3.05) is 5.75 Å². The van der Waals surface area contributed by atoms with Gasteiger partial charge in [0.1, 0.15) is 5.75 Å². The minimum absolute atomic E-state index is 0.410. The molecule has 2 aliphatic rings. The third-order valence-corrected chi connectivity index (χ3v) is 7.23. The van der Waals surface area contributed by atoms with Crippen LogP contribution in [0.4, 0.5) is 0 Å². The average Bonchev–Trinajstić information content (AvgIpc) is 2.91. The van der Waals surface area contributed by atoms with Crippen molar-refractivity contribution in [1.29, 1.82) is 0 Å². The van der Waals surface area contributed by atoms with E-state index in [1.165, 1.54) is 0 Å². The molecule has 1 amide bonds. The van der Waals surface area contributed by atoms with E-state index in [0.29, 0.717) is 25.7 Å². The maximum Gasteiger partial charge on any atom is 0.308 e. The van der Waals surface area contributed by atoms with Crippen LogP contribution in [0.15, 0.2) is 0 Å². The molecule has 22 heavy (non-hydrogen) atoms. The number of nitrogens with one attached hydrogen (secondary N) is 1. The number of hydrogen-bond acceptors (Lipinski definition) is 4. The third-order valence-electron chi connectivity index (χ3n) is 5.07. The van der Waals surface area contributed by atoms with Crippen LogP contribution in [0.2, 0.25) is 0 Å². The van der Waals surface area contributed by atoms with E-state index in [1.54, 1.807) is 6.92 Å². The Labute approximate surface area is 131 Å². The first-order chi connectivity index (χ1) is 10.2. The van der Waals surface area contributed by atoms with Crippen molar-refractivity contribution in [1.82, 2.24) is 5.32 Å². The summed E-state index contributed by atoms with van der Waals surface area (Å²) >= 11 is 0. The molecule has 0 aliphatic heterocycles. The second-order valence-corrected chi connectivity index (χ2v) is 9.10. The highest BCUT2D eigenvalue weighted by Gasteiger charge is 2.43. The zero-order valence-electron chi connectivity index (χ0n) is 13.0. The quantitative estimate of drug-likeness (QED) is 0.795. The molecule has 2 atom stereocenters. The van der Waals surface area contributed by atoms with Crippen LogP contribution in [0.3, 0.4) is 0 Å². The van der Waals surface area contributed by atoms with Gasteiger partial charge in [-0.15, -0.1) is 0 Å². The summed E-state index contributed by atoms with van der Waals surface area (Å²) in [4.78, 5) is 23.6. The predicted octanol–water partition coefficient (Wildman–Crippen LogP) is 1.49. The molecule has 0 heterocycles. The van der Waals surface area contributed by atoms with Gasteiger partial charge in [0.15, 0.2) is 9.84 Å². The van der Waals surface area contributed by atoms with Gasteiger partial charge in [-0.3, -0.25) is 9.59 Å². The van der Waals surface area contributed by atoms with E-state index >= 15 is 0 Å². The molecular weight excluding hydrogens is 306 g/mol. The number of sulfone groups is 1. The minimum Gasteiger partial charge on any atom is -0.481 e. The van der Waals surface area contributed by atoms with Crippen LogP contribution in [-0.2, 0) is 19.4 Å². The first-order valence-corrected chi connectivity index (χ1v) is 9.71. The summed E-state index contributed by atoms with van der Waals surface area (Å²) in [5.41, 5.74) is -0.855. The van der Waals surface area contributed by atoms with Gasteiger partial charge in [0, 0.05) is 0 Å². The maximum atomic E-state index is 12.2. The molecule has 6 nitrogen and oxygen atoms in total. The molecule has 0 saturated heterocycles. The van der Waals surface area contributed by atoms with Crippen molar-refractivity contribution in [3.63, 3.8) is 0 Å². The summed E-state index contributed by atoms with van der Waals surface area (Å²) in [5, 5.41) is 11.6. The first-order valence-electron chi connectivity index (χ1n) is 8.00. The maximum absolute atomic E-state index is 12.2. The molecule has 7 heteroatoms. The highest BCUT2D eigenvalue weighted by Crippen LogP contribution is 2.34. The van der Waals surface area contributed by atoms with Gasteiger partial charge in [-0.05, 0) is 32.6 Å². The topological polar surface area (TPSA) is 101 Å². The van der Waals surface area contributed by atoms with Gasteiger partial charge in [-0.2, -0.15) is 0 Å². The molecule has 0 spiro atoms. The number of carboxylic acid groups (broad SMARTS) is 1. The molecule has 0 aromatic carbocycles. The van der Waals surface area contributed by atoms with Crippen molar-refractivity contribution >= 4 is 21.7 Å². The van der Waals surface area contributed by atoms with Crippen LogP contribution in [0.5, 0.6) is 0 Å². The summed E-state index contributed by atoms with van der Waals surface area (Å²) < 4.78 is 24.5. The Bertz CT molecular complexity index is 538. The molecule has 0 aromatic heterocycles. The number of carbonyl (C=O) groups is 2. The van der Waals surface area contributed by atoms with Gasteiger partial charge < -0.3 is 10.4 Å². The van der Waals surface area contributed by atoms with Crippen molar-refractivity contribution in [2.24, 2.45) is 5.92 Å². The molecule has 2 fully saturated rings.